The topological polar surface area (TPSA) is 52.3 Å². The van der Waals surface area contributed by atoms with Crippen molar-refractivity contribution in [2.24, 2.45) is 11.7 Å². The van der Waals surface area contributed by atoms with Crippen LogP contribution >= 0.6 is 0 Å². The Morgan fingerprint density at radius 2 is 2.25 bits per heavy atom. The zero-order valence-electron chi connectivity index (χ0n) is 7.80. The summed E-state index contributed by atoms with van der Waals surface area (Å²) in [5.41, 5.74) is 5.23. The second-order valence-electron chi connectivity index (χ2n) is 3.62. The Kier molecular flexibility index (Phi) is 2.85. The molecule has 0 bridgehead atoms. The van der Waals surface area contributed by atoms with Crippen LogP contribution in [0.1, 0.15) is 26.7 Å². The summed E-state index contributed by atoms with van der Waals surface area (Å²) in [5.74, 6) is 0.428. The molecule has 2 N–H and O–H groups in total. The summed E-state index contributed by atoms with van der Waals surface area (Å²) in [4.78, 5) is 11.5. The van der Waals surface area contributed by atoms with Gasteiger partial charge in [-0.1, -0.05) is 0 Å². The first-order chi connectivity index (χ1) is 5.59. The molecule has 0 radical (unpaired) electrons. The summed E-state index contributed by atoms with van der Waals surface area (Å²) in [5, 5.41) is 0. The average molecular weight is 171 g/mol. The number of nitrogens with two attached hydrogens (primary N) is 1. The first kappa shape index (κ1) is 9.68. The summed E-state index contributed by atoms with van der Waals surface area (Å²) in [7, 11) is 0. The molecule has 3 heteroatoms. The highest BCUT2D eigenvalue weighted by atomic mass is 16.5. The Morgan fingerprint density at radius 3 is 2.67 bits per heavy atom. The summed E-state index contributed by atoms with van der Waals surface area (Å²) in [6, 6.07) is 0. The van der Waals surface area contributed by atoms with Crippen molar-refractivity contribution in [1.82, 2.24) is 0 Å². The molecule has 70 valence electrons. The van der Waals surface area contributed by atoms with Crippen LogP contribution in [-0.4, -0.2) is 24.5 Å². The molecule has 12 heavy (non-hydrogen) atoms. The van der Waals surface area contributed by atoms with Crippen LogP contribution in [-0.2, 0) is 9.53 Å². The fraction of sp³-hybridized carbons (Fsp3) is 0.889. The molecular formula is C9H17NO2. The van der Waals surface area contributed by atoms with Gasteiger partial charge in [-0.15, -0.1) is 0 Å². The third-order valence-electron chi connectivity index (χ3n) is 2.46. The minimum atomic E-state index is -0.644. The van der Waals surface area contributed by atoms with E-state index in [0.717, 1.165) is 12.8 Å². The maximum atomic E-state index is 11.5. The van der Waals surface area contributed by atoms with Crippen LogP contribution in [0.15, 0.2) is 0 Å². The van der Waals surface area contributed by atoms with Gasteiger partial charge in [0.2, 0.25) is 0 Å². The largest absolute Gasteiger partial charge is 0.374 e. The van der Waals surface area contributed by atoms with E-state index in [1.165, 1.54) is 0 Å². The fourth-order valence-corrected chi connectivity index (χ4v) is 1.26. The highest BCUT2D eigenvalue weighted by Crippen LogP contribution is 2.38. The number of ether oxygens (including phenoxy) is 1. The molecule has 0 amide bonds. The lowest BCUT2D eigenvalue weighted by molar-refractivity contribution is -0.128. The van der Waals surface area contributed by atoms with Gasteiger partial charge in [0, 0.05) is 6.61 Å². The number of carbonyl (C=O) groups is 1. The number of rotatable bonds is 5. The van der Waals surface area contributed by atoms with Crippen LogP contribution in [0, 0.1) is 5.92 Å². The quantitative estimate of drug-likeness (QED) is 0.663. The SMILES string of the molecule is CCOCC(=O)C(C)(N)C1CC1. The number of Topliss-reactive ketones (excluding diaryl/α,β-unsaturated/α-hetero) is 1. The molecule has 0 aromatic rings. The van der Waals surface area contributed by atoms with Gasteiger partial charge in [-0.3, -0.25) is 4.79 Å². The Labute approximate surface area is 73.3 Å². The van der Waals surface area contributed by atoms with E-state index in [-0.39, 0.29) is 12.4 Å². The lowest BCUT2D eigenvalue weighted by Crippen LogP contribution is -2.48. The van der Waals surface area contributed by atoms with Crippen LogP contribution in [0.3, 0.4) is 0 Å². The van der Waals surface area contributed by atoms with E-state index in [0.29, 0.717) is 12.5 Å². The molecule has 3 nitrogen and oxygen atoms in total. The highest BCUT2D eigenvalue weighted by Gasteiger charge is 2.43. The number of hydrogen-bond acceptors (Lipinski definition) is 3. The number of ketones is 1. The number of hydrogen-bond donors (Lipinski definition) is 1. The van der Waals surface area contributed by atoms with Crippen LogP contribution in [0.2, 0.25) is 0 Å². The zero-order chi connectivity index (χ0) is 9.19. The molecule has 1 rings (SSSR count). The van der Waals surface area contributed by atoms with Crippen LogP contribution < -0.4 is 5.73 Å². The van der Waals surface area contributed by atoms with Crippen LogP contribution in [0.25, 0.3) is 0 Å². The monoisotopic (exact) mass is 171 g/mol. The smallest absolute Gasteiger partial charge is 0.178 e. The van der Waals surface area contributed by atoms with Crippen molar-refractivity contribution >= 4 is 5.78 Å². The van der Waals surface area contributed by atoms with Crippen molar-refractivity contribution in [3.63, 3.8) is 0 Å². The predicted octanol–water partition coefficient (Wildman–Crippen LogP) is 0.719. The van der Waals surface area contributed by atoms with Crippen molar-refractivity contribution in [2.45, 2.75) is 32.2 Å². The van der Waals surface area contributed by atoms with Gasteiger partial charge in [-0.25, -0.2) is 0 Å². The Hall–Kier alpha value is -0.410. The zero-order valence-corrected chi connectivity index (χ0v) is 7.80. The van der Waals surface area contributed by atoms with Gasteiger partial charge < -0.3 is 10.5 Å². The summed E-state index contributed by atoms with van der Waals surface area (Å²) >= 11 is 0. The van der Waals surface area contributed by atoms with E-state index in [4.69, 9.17) is 10.5 Å². The van der Waals surface area contributed by atoms with Crippen molar-refractivity contribution in [3.05, 3.63) is 0 Å². The lowest BCUT2D eigenvalue weighted by Gasteiger charge is -2.22. The first-order valence-electron chi connectivity index (χ1n) is 4.49. The van der Waals surface area contributed by atoms with Crippen molar-refractivity contribution in [3.8, 4) is 0 Å². The molecule has 1 aliphatic rings. The minimum absolute atomic E-state index is 0.0341. The molecule has 1 atom stereocenters. The second-order valence-corrected chi connectivity index (χ2v) is 3.62. The molecule has 1 unspecified atom stereocenters. The minimum Gasteiger partial charge on any atom is -0.374 e. The maximum Gasteiger partial charge on any atom is 0.178 e. The third-order valence-corrected chi connectivity index (χ3v) is 2.46. The standard InChI is InChI=1S/C9H17NO2/c1-3-12-6-8(11)9(2,10)7-4-5-7/h7H,3-6,10H2,1-2H3. The van der Waals surface area contributed by atoms with E-state index in [1.807, 2.05) is 13.8 Å². The lowest BCUT2D eigenvalue weighted by atomic mass is 9.92. The Balaban J connectivity index is 2.38. The van der Waals surface area contributed by atoms with Gasteiger partial charge in [0.25, 0.3) is 0 Å². The summed E-state index contributed by atoms with van der Waals surface area (Å²) in [6.07, 6.45) is 2.18. The van der Waals surface area contributed by atoms with E-state index in [1.54, 1.807) is 0 Å². The average Bonchev–Trinajstić information content (AvgIpc) is 2.81. The summed E-state index contributed by atoms with van der Waals surface area (Å²) in [6.45, 7) is 4.43. The molecule has 0 heterocycles. The molecule has 0 spiro atoms. The van der Waals surface area contributed by atoms with Gasteiger partial charge in [-0.2, -0.15) is 0 Å². The maximum absolute atomic E-state index is 11.5. The molecule has 0 aromatic carbocycles. The van der Waals surface area contributed by atoms with E-state index < -0.39 is 5.54 Å². The van der Waals surface area contributed by atoms with E-state index >= 15 is 0 Å². The molecule has 0 aromatic heterocycles. The second kappa shape index (κ2) is 3.54. The third kappa shape index (κ3) is 2.05. The fourth-order valence-electron chi connectivity index (χ4n) is 1.26. The van der Waals surface area contributed by atoms with Crippen LogP contribution in [0.4, 0.5) is 0 Å². The Bertz CT molecular complexity index is 173. The molecule has 0 saturated heterocycles. The molecular weight excluding hydrogens is 154 g/mol. The van der Waals surface area contributed by atoms with Gasteiger partial charge in [-0.05, 0) is 32.6 Å². The molecule has 0 aliphatic heterocycles. The van der Waals surface area contributed by atoms with Gasteiger partial charge in [0.15, 0.2) is 5.78 Å². The van der Waals surface area contributed by atoms with E-state index in [9.17, 15) is 4.79 Å². The number of carbonyl (C=O) groups excluding carboxylic acids is 1. The van der Waals surface area contributed by atoms with Gasteiger partial charge >= 0.3 is 0 Å². The van der Waals surface area contributed by atoms with Crippen molar-refractivity contribution in [1.29, 1.82) is 0 Å². The van der Waals surface area contributed by atoms with Crippen LogP contribution in [0.5, 0.6) is 0 Å². The highest BCUT2D eigenvalue weighted by molar-refractivity contribution is 5.89. The first-order valence-corrected chi connectivity index (χ1v) is 4.49. The van der Waals surface area contributed by atoms with Crippen molar-refractivity contribution in [2.75, 3.05) is 13.2 Å². The van der Waals surface area contributed by atoms with E-state index in [2.05, 4.69) is 0 Å². The van der Waals surface area contributed by atoms with Gasteiger partial charge in [0.1, 0.15) is 6.61 Å². The van der Waals surface area contributed by atoms with Gasteiger partial charge in [0.05, 0.1) is 5.54 Å². The normalized spacial score (nSPS) is 21.9. The summed E-state index contributed by atoms with van der Waals surface area (Å²) < 4.78 is 5.03. The molecule has 1 aliphatic carbocycles. The van der Waals surface area contributed by atoms with Crippen molar-refractivity contribution < 1.29 is 9.53 Å². The Morgan fingerprint density at radius 1 is 1.67 bits per heavy atom. The molecule has 1 fully saturated rings. The predicted molar refractivity (Wildman–Crippen MR) is 46.8 cm³/mol. The molecule has 1 saturated carbocycles.